The van der Waals surface area contributed by atoms with Crippen molar-refractivity contribution in [3.05, 3.63) is 40.4 Å². The van der Waals surface area contributed by atoms with Crippen molar-refractivity contribution in [2.24, 2.45) is 5.92 Å². The number of amides is 2. The van der Waals surface area contributed by atoms with Crippen molar-refractivity contribution in [3.8, 4) is 0 Å². The number of thiazole rings is 1. The third kappa shape index (κ3) is 6.35. The number of rotatable bonds is 7. The number of anilines is 2. The number of aryl methyl sites for hydroxylation is 2. The molecule has 2 N–H and O–H groups in total. The standard InChI is InChI=1S/C22H28N4O4S/c1-4-30-21(29)16-7-9-18(10-8-16)24-20(28)17-6-5-11-26(12-17)13-19(27)25-22-23-14(2)15(3)31-22/h7-10,17H,4-6,11-13H2,1-3H3,(H,24,28)(H,23,25,27). The Morgan fingerprint density at radius 3 is 2.58 bits per heavy atom. The molecule has 2 amide bonds. The van der Waals surface area contributed by atoms with Gasteiger partial charge in [0.05, 0.1) is 30.3 Å². The number of aromatic nitrogens is 1. The summed E-state index contributed by atoms with van der Waals surface area (Å²) in [5.74, 6) is -0.787. The number of esters is 1. The normalized spacial score (nSPS) is 16.5. The number of likely N-dealkylation sites (tertiary alicyclic amines) is 1. The number of hydrogen-bond acceptors (Lipinski definition) is 7. The molecule has 1 fully saturated rings. The molecule has 8 nitrogen and oxygen atoms in total. The lowest BCUT2D eigenvalue weighted by molar-refractivity contribution is -0.123. The zero-order chi connectivity index (χ0) is 22.4. The number of hydrogen-bond donors (Lipinski definition) is 2. The molecular formula is C22H28N4O4S. The highest BCUT2D eigenvalue weighted by Gasteiger charge is 2.27. The van der Waals surface area contributed by atoms with Crippen LogP contribution in [0, 0.1) is 19.8 Å². The first-order chi connectivity index (χ1) is 14.9. The maximum atomic E-state index is 12.7. The van der Waals surface area contributed by atoms with Crippen molar-refractivity contribution in [3.63, 3.8) is 0 Å². The third-order valence-corrected chi connectivity index (χ3v) is 6.17. The maximum absolute atomic E-state index is 12.7. The van der Waals surface area contributed by atoms with Gasteiger partial charge in [-0.15, -0.1) is 11.3 Å². The molecule has 1 aliphatic rings. The summed E-state index contributed by atoms with van der Waals surface area (Å²) < 4.78 is 4.96. The van der Waals surface area contributed by atoms with E-state index in [4.69, 9.17) is 4.74 Å². The summed E-state index contributed by atoms with van der Waals surface area (Å²) in [7, 11) is 0. The fourth-order valence-electron chi connectivity index (χ4n) is 3.45. The average molecular weight is 445 g/mol. The zero-order valence-corrected chi connectivity index (χ0v) is 18.9. The molecule has 0 aliphatic carbocycles. The quantitative estimate of drug-likeness (QED) is 0.636. The van der Waals surface area contributed by atoms with Gasteiger partial charge in [-0.25, -0.2) is 9.78 Å². The van der Waals surface area contributed by atoms with Crippen LogP contribution in [-0.4, -0.2) is 53.9 Å². The molecule has 0 saturated carbocycles. The first-order valence-electron chi connectivity index (χ1n) is 10.4. The van der Waals surface area contributed by atoms with Gasteiger partial charge in [0.15, 0.2) is 5.13 Å². The third-order valence-electron chi connectivity index (χ3n) is 5.18. The molecule has 166 valence electrons. The highest BCUT2D eigenvalue weighted by atomic mass is 32.1. The summed E-state index contributed by atoms with van der Waals surface area (Å²) in [6, 6.07) is 6.65. The van der Waals surface area contributed by atoms with Gasteiger partial charge in [-0.1, -0.05) is 0 Å². The van der Waals surface area contributed by atoms with Gasteiger partial charge in [0.25, 0.3) is 0 Å². The number of carbonyl (C=O) groups is 3. The summed E-state index contributed by atoms with van der Waals surface area (Å²) in [5.41, 5.74) is 1.99. The Labute approximate surface area is 186 Å². The van der Waals surface area contributed by atoms with E-state index in [0.717, 1.165) is 30.0 Å². The molecule has 1 saturated heterocycles. The van der Waals surface area contributed by atoms with Crippen molar-refractivity contribution in [1.29, 1.82) is 0 Å². The number of nitrogens with zero attached hydrogens (tertiary/aromatic N) is 2. The number of nitrogens with one attached hydrogen (secondary N) is 2. The van der Waals surface area contributed by atoms with E-state index >= 15 is 0 Å². The van der Waals surface area contributed by atoms with Crippen molar-refractivity contribution >= 4 is 39.9 Å². The predicted molar refractivity (Wildman–Crippen MR) is 120 cm³/mol. The zero-order valence-electron chi connectivity index (χ0n) is 18.1. The summed E-state index contributed by atoms with van der Waals surface area (Å²) in [6.07, 6.45) is 1.62. The summed E-state index contributed by atoms with van der Waals surface area (Å²) in [6.45, 7) is 7.49. The van der Waals surface area contributed by atoms with E-state index in [2.05, 4.69) is 15.6 Å². The van der Waals surface area contributed by atoms with Crippen LogP contribution >= 0.6 is 11.3 Å². The minimum absolute atomic E-state index is 0.0832. The van der Waals surface area contributed by atoms with E-state index in [0.29, 0.717) is 29.5 Å². The molecular weight excluding hydrogens is 416 g/mol. The molecule has 3 rings (SSSR count). The van der Waals surface area contributed by atoms with Crippen molar-refractivity contribution < 1.29 is 19.1 Å². The Kier molecular flexibility index (Phi) is 7.75. The van der Waals surface area contributed by atoms with E-state index in [1.165, 1.54) is 11.3 Å². The van der Waals surface area contributed by atoms with Gasteiger partial charge in [0.2, 0.25) is 11.8 Å². The van der Waals surface area contributed by atoms with E-state index < -0.39 is 0 Å². The van der Waals surface area contributed by atoms with Gasteiger partial charge in [0, 0.05) is 17.1 Å². The second kappa shape index (κ2) is 10.5. The van der Waals surface area contributed by atoms with E-state index in [1.807, 2.05) is 18.7 Å². The largest absolute Gasteiger partial charge is 0.462 e. The van der Waals surface area contributed by atoms with E-state index in [1.54, 1.807) is 31.2 Å². The minimum Gasteiger partial charge on any atom is -0.462 e. The fraction of sp³-hybridized carbons (Fsp3) is 0.455. The van der Waals surface area contributed by atoms with E-state index in [9.17, 15) is 14.4 Å². The molecule has 0 radical (unpaired) electrons. The van der Waals surface area contributed by atoms with Crippen molar-refractivity contribution in [2.75, 3.05) is 36.9 Å². The minimum atomic E-state index is -0.385. The molecule has 1 unspecified atom stereocenters. The second-order valence-electron chi connectivity index (χ2n) is 7.57. The van der Waals surface area contributed by atoms with Gasteiger partial charge in [0.1, 0.15) is 0 Å². The summed E-state index contributed by atoms with van der Waals surface area (Å²) >= 11 is 1.46. The highest BCUT2D eigenvalue weighted by Crippen LogP contribution is 2.22. The Hall–Kier alpha value is -2.78. The van der Waals surface area contributed by atoms with Crippen LogP contribution in [0.2, 0.25) is 0 Å². The molecule has 0 bridgehead atoms. The van der Waals surface area contributed by atoms with Crippen LogP contribution in [0.5, 0.6) is 0 Å². The number of carbonyl (C=O) groups excluding carboxylic acids is 3. The summed E-state index contributed by atoms with van der Waals surface area (Å²) in [4.78, 5) is 44.2. The van der Waals surface area contributed by atoms with Crippen LogP contribution in [0.3, 0.4) is 0 Å². The van der Waals surface area contributed by atoms with Crippen LogP contribution in [0.15, 0.2) is 24.3 Å². The van der Waals surface area contributed by atoms with Gasteiger partial charge < -0.3 is 15.4 Å². The smallest absolute Gasteiger partial charge is 0.338 e. The molecule has 2 aromatic rings. The average Bonchev–Trinajstić information content (AvgIpc) is 3.05. The lowest BCUT2D eigenvalue weighted by Gasteiger charge is -2.31. The molecule has 1 aliphatic heterocycles. The Morgan fingerprint density at radius 2 is 1.94 bits per heavy atom. The lowest BCUT2D eigenvalue weighted by Crippen LogP contribution is -2.43. The molecule has 1 aromatic heterocycles. The topological polar surface area (TPSA) is 101 Å². The Bertz CT molecular complexity index is 922. The van der Waals surface area contributed by atoms with Crippen LogP contribution in [0.1, 0.15) is 40.7 Å². The van der Waals surface area contributed by atoms with Crippen LogP contribution < -0.4 is 10.6 Å². The van der Waals surface area contributed by atoms with Crippen molar-refractivity contribution in [1.82, 2.24) is 9.88 Å². The SMILES string of the molecule is CCOC(=O)c1ccc(NC(=O)C2CCCN(CC(=O)Nc3nc(C)c(C)s3)C2)cc1. The molecule has 2 heterocycles. The van der Waals surface area contributed by atoms with Gasteiger partial charge in [-0.05, 0) is 64.4 Å². The Morgan fingerprint density at radius 1 is 1.19 bits per heavy atom. The van der Waals surface area contributed by atoms with Gasteiger partial charge in [-0.3, -0.25) is 14.5 Å². The maximum Gasteiger partial charge on any atom is 0.338 e. The highest BCUT2D eigenvalue weighted by molar-refractivity contribution is 7.15. The predicted octanol–water partition coefficient (Wildman–Crippen LogP) is 3.23. The fourth-order valence-corrected chi connectivity index (χ4v) is 4.28. The number of ether oxygens (including phenoxy) is 1. The van der Waals surface area contributed by atoms with E-state index in [-0.39, 0.29) is 30.2 Å². The van der Waals surface area contributed by atoms with Crippen LogP contribution in [0.25, 0.3) is 0 Å². The van der Waals surface area contributed by atoms with Gasteiger partial charge >= 0.3 is 5.97 Å². The van der Waals surface area contributed by atoms with Crippen molar-refractivity contribution in [2.45, 2.75) is 33.6 Å². The Balaban J connectivity index is 1.50. The van der Waals surface area contributed by atoms with Gasteiger partial charge in [-0.2, -0.15) is 0 Å². The molecule has 1 atom stereocenters. The molecule has 0 spiro atoms. The first-order valence-corrected chi connectivity index (χ1v) is 11.2. The molecule has 9 heteroatoms. The number of piperidine rings is 1. The van der Waals surface area contributed by atoms with Crippen LogP contribution in [-0.2, 0) is 14.3 Å². The van der Waals surface area contributed by atoms with Crippen LogP contribution in [0.4, 0.5) is 10.8 Å². The lowest BCUT2D eigenvalue weighted by atomic mass is 9.97. The number of benzene rings is 1. The second-order valence-corrected chi connectivity index (χ2v) is 8.77. The molecule has 31 heavy (non-hydrogen) atoms. The first kappa shape index (κ1) is 22.9. The summed E-state index contributed by atoms with van der Waals surface area (Å²) in [5, 5.41) is 6.36. The molecule has 1 aromatic carbocycles. The monoisotopic (exact) mass is 444 g/mol.